The van der Waals surface area contributed by atoms with E-state index in [1.807, 2.05) is 0 Å². The zero-order valence-corrected chi connectivity index (χ0v) is 9.25. The van der Waals surface area contributed by atoms with E-state index in [1.165, 1.54) is 13.0 Å². The molecule has 2 rings (SSSR count). The minimum Gasteiger partial charge on any atom is -0.478 e. The molecule has 1 aromatic carbocycles. The van der Waals surface area contributed by atoms with Crippen molar-refractivity contribution in [1.82, 2.24) is 0 Å². The molecule has 84 valence electrons. The van der Waals surface area contributed by atoms with Crippen molar-refractivity contribution in [2.45, 2.75) is 18.9 Å². The first-order valence-corrected chi connectivity index (χ1v) is 5.05. The van der Waals surface area contributed by atoms with Gasteiger partial charge in [0, 0.05) is 11.4 Å². The Morgan fingerprint density at radius 2 is 2.25 bits per heavy atom. The van der Waals surface area contributed by atoms with Crippen molar-refractivity contribution in [2.75, 3.05) is 0 Å². The minimum absolute atomic E-state index is 0.153. The normalized spacial score (nSPS) is 23.5. The third-order valence-electron chi connectivity index (χ3n) is 2.59. The van der Waals surface area contributed by atoms with Crippen LogP contribution in [0.4, 0.5) is 0 Å². The van der Waals surface area contributed by atoms with E-state index in [0.29, 0.717) is 16.1 Å². The van der Waals surface area contributed by atoms with Gasteiger partial charge in [0.15, 0.2) is 0 Å². The number of cyclic esters (lactones) is 1. The van der Waals surface area contributed by atoms with Crippen LogP contribution in [0.3, 0.4) is 0 Å². The first-order chi connectivity index (χ1) is 7.42. The van der Waals surface area contributed by atoms with Gasteiger partial charge in [-0.05, 0) is 24.6 Å². The van der Waals surface area contributed by atoms with Crippen molar-refractivity contribution >= 4 is 23.5 Å². The van der Waals surface area contributed by atoms with E-state index in [2.05, 4.69) is 0 Å². The molecule has 1 heterocycles. The number of halogens is 1. The van der Waals surface area contributed by atoms with Crippen molar-refractivity contribution in [3.63, 3.8) is 0 Å². The van der Waals surface area contributed by atoms with Gasteiger partial charge in [-0.25, -0.2) is 9.59 Å². The summed E-state index contributed by atoms with van der Waals surface area (Å²) in [5.41, 5.74) is -0.505. The number of benzene rings is 1. The lowest BCUT2D eigenvalue weighted by atomic mass is 9.90. The number of carbonyl (C=O) groups excluding carboxylic acids is 1. The quantitative estimate of drug-likeness (QED) is 0.762. The first-order valence-electron chi connectivity index (χ1n) is 4.67. The molecule has 0 unspecified atom stereocenters. The predicted molar refractivity (Wildman–Crippen MR) is 56.6 cm³/mol. The number of aliphatic carboxylic acids is 1. The van der Waals surface area contributed by atoms with Crippen molar-refractivity contribution in [1.29, 1.82) is 0 Å². The van der Waals surface area contributed by atoms with Gasteiger partial charge in [0.1, 0.15) is 0 Å². The smallest absolute Gasteiger partial charge is 0.348 e. The largest absolute Gasteiger partial charge is 0.478 e. The highest BCUT2D eigenvalue weighted by molar-refractivity contribution is 6.31. The lowest BCUT2D eigenvalue weighted by Crippen LogP contribution is -2.45. The van der Waals surface area contributed by atoms with Crippen LogP contribution < -0.4 is 0 Å². The van der Waals surface area contributed by atoms with E-state index in [4.69, 9.17) is 21.4 Å². The zero-order chi connectivity index (χ0) is 11.9. The molecule has 1 atom stereocenters. The summed E-state index contributed by atoms with van der Waals surface area (Å²) in [4.78, 5) is 22.6. The number of carboxylic acids is 1. The number of carboxylic acid groups (broad SMARTS) is 1. The second-order valence-corrected chi connectivity index (χ2v) is 4.34. The van der Waals surface area contributed by atoms with Crippen LogP contribution in [0.15, 0.2) is 18.2 Å². The lowest BCUT2D eigenvalue weighted by molar-refractivity contribution is -0.158. The highest BCUT2D eigenvalue weighted by Crippen LogP contribution is 2.29. The van der Waals surface area contributed by atoms with Crippen molar-refractivity contribution in [3.05, 3.63) is 34.3 Å². The maximum Gasteiger partial charge on any atom is 0.348 e. The number of rotatable bonds is 1. The van der Waals surface area contributed by atoms with Crippen molar-refractivity contribution in [3.8, 4) is 0 Å². The molecule has 1 N–H and O–H groups in total. The molecule has 4 nitrogen and oxygen atoms in total. The molecule has 0 bridgehead atoms. The average Bonchev–Trinajstić information content (AvgIpc) is 2.19. The van der Waals surface area contributed by atoms with Crippen LogP contribution in [-0.4, -0.2) is 22.6 Å². The topological polar surface area (TPSA) is 63.6 Å². The maximum atomic E-state index is 11.6. The highest BCUT2D eigenvalue weighted by atomic mass is 35.5. The molecule has 1 aliphatic heterocycles. The first kappa shape index (κ1) is 11.0. The molecule has 16 heavy (non-hydrogen) atoms. The van der Waals surface area contributed by atoms with E-state index in [0.717, 1.165) is 0 Å². The van der Waals surface area contributed by atoms with Crippen LogP contribution in [0.5, 0.6) is 0 Å². The molecule has 0 amide bonds. The zero-order valence-electron chi connectivity index (χ0n) is 8.49. The van der Waals surface area contributed by atoms with Crippen LogP contribution in [-0.2, 0) is 16.0 Å². The third kappa shape index (κ3) is 1.65. The summed E-state index contributed by atoms with van der Waals surface area (Å²) in [5, 5.41) is 9.42. The summed E-state index contributed by atoms with van der Waals surface area (Å²) in [6.45, 7) is 1.38. The van der Waals surface area contributed by atoms with Gasteiger partial charge in [-0.2, -0.15) is 0 Å². The number of ether oxygens (including phenoxy) is 1. The Morgan fingerprint density at radius 1 is 1.56 bits per heavy atom. The van der Waals surface area contributed by atoms with Gasteiger partial charge >= 0.3 is 11.9 Å². The molecule has 0 aliphatic carbocycles. The van der Waals surface area contributed by atoms with Crippen molar-refractivity contribution < 1.29 is 19.4 Å². The van der Waals surface area contributed by atoms with E-state index >= 15 is 0 Å². The summed E-state index contributed by atoms with van der Waals surface area (Å²) in [5.74, 6) is -1.80. The fraction of sp³-hybridized carbons (Fsp3) is 0.273. The molecule has 1 aliphatic rings. The van der Waals surface area contributed by atoms with Gasteiger partial charge in [-0.3, -0.25) is 0 Å². The van der Waals surface area contributed by atoms with Crippen LogP contribution in [0.25, 0.3) is 0 Å². The van der Waals surface area contributed by atoms with E-state index < -0.39 is 17.5 Å². The van der Waals surface area contributed by atoms with Crippen LogP contribution in [0, 0.1) is 0 Å². The summed E-state index contributed by atoms with van der Waals surface area (Å²) in [7, 11) is 0. The molecular formula is C11H9ClO4. The molecule has 0 radical (unpaired) electrons. The molecular weight excluding hydrogens is 232 g/mol. The van der Waals surface area contributed by atoms with Crippen LogP contribution >= 0.6 is 11.6 Å². The van der Waals surface area contributed by atoms with Gasteiger partial charge in [0.25, 0.3) is 0 Å². The summed E-state index contributed by atoms with van der Waals surface area (Å²) in [6, 6.07) is 4.77. The number of esters is 1. The molecule has 5 heteroatoms. The van der Waals surface area contributed by atoms with Crippen LogP contribution in [0.2, 0.25) is 5.02 Å². The van der Waals surface area contributed by atoms with E-state index in [9.17, 15) is 9.59 Å². The highest BCUT2D eigenvalue weighted by Gasteiger charge is 2.42. The monoisotopic (exact) mass is 240 g/mol. The van der Waals surface area contributed by atoms with Gasteiger partial charge in [-0.15, -0.1) is 0 Å². The van der Waals surface area contributed by atoms with Gasteiger partial charge < -0.3 is 9.84 Å². The Balaban J connectivity index is 2.49. The Hall–Kier alpha value is -1.55. The van der Waals surface area contributed by atoms with Crippen LogP contribution in [0.1, 0.15) is 22.8 Å². The molecule has 0 saturated carbocycles. The summed E-state index contributed by atoms with van der Waals surface area (Å²) < 4.78 is 4.92. The van der Waals surface area contributed by atoms with Gasteiger partial charge in [0.05, 0.1) is 5.56 Å². The average molecular weight is 241 g/mol. The Kier molecular flexibility index (Phi) is 2.39. The summed E-state index contributed by atoms with van der Waals surface area (Å²) >= 11 is 5.75. The number of carbonyl (C=O) groups is 2. The Labute approximate surface area is 96.8 Å². The fourth-order valence-corrected chi connectivity index (χ4v) is 1.84. The molecule has 0 fully saturated rings. The van der Waals surface area contributed by atoms with E-state index in [-0.39, 0.29) is 6.42 Å². The second-order valence-electron chi connectivity index (χ2n) is 3.90. The standard InChI is InChI=1S/C11H9ClO4/c1-11(10(14)15)5-6-2-3-7(12)4-8(6)9(13)16-11/h2-4H,5H2,1H3,(H,14,15)/t11-/m1/s1. The predicted octanol–water partition coefficient (Wildman–Crippen LogP) is 1.90. The number of fused-ring (bicyclic) bond motifs is 1. The Bertz CT molecular complexity index is 483. The van der Waals surface area contributed by atoms with Crippen molar-refractivity contribution in [2.24, 2.45) is 0 Å². The molecule has 0 saturated heterocycles. The van der Waals surface area contributed by atoms with E-state index in [1.54, 1.807) is 12.1 Å². The van der Waals surface area contributed by atoms with Gasteiger partial charge in [-0.1, -0.05) is 17.7 Å². The van der Waals surface area contributed by atoms with Gasteiger partial charge in [0.2, 0.25) is 5.60 Å². The summed E-state index contributed by atoms with van der Waals surface area (Å²) in [6.07, 6.45) is 0.153. The fourth-order valence-electron chi connectivity index (χ4n) is 1.67. The lowest BCUT2D eigenvalue weighted by Gasteiger charge is -2.30. The SMILES string of the molecule is C[C@]1(C(=O)O)Cc2ccc(Cl)cc2C(=O)O1. The maximum absolute atomic E-state index is 11.6. The number of hydrogen-bond donors (Lipinski definition) is 1. The second kappa shape index (κ2) is 3.49. The minimum atomic E-state index is -1.49. The molecule has 0 spiro atoms. The molecule has 1 aromatic rings. The molecule has 0 aromatic heterocycles. The number of hydrogen-bond acceptors (Lipinski definition) is 3. The Morgan fingerprint density at radius 3 is 2.88 bits per heavy atom. The third-order valence-corrected chi connectivity index (χ3v) is 2.83.